The number of nitrogens with zero attached hydrogens (tertiary/aromatic N) is 1. The molecule has 1 aromatic rings. The van der Waals surface area contributed by atoms with Crippen LogP contribution in [0.5, 0.6) is 0 Å². The van der Waals surface area contributed by atoms with Crippen LogP contribution < -0.4 is 5.32 Å². The van der Waals surface area contributed by atoms with Gasteiger partial charge in [0, 0.05) is 19.2 Å². The second kappa shape index (κ2) is 5.82. The monoisotopic (exact) mass is 252 g/mol. The molecule has 0 heterocycles. The molecule has 0 aliphatic carbocycles. The van der Waals surface area contributed by atoms with Gasteiger partial charge < -0.3 is 10.1 Å². The van der Waals surface area contributed by atoms with Crippen LogP contribution in [0, 0.1) is 17.0 Å². The molecule has 0 bridgehead atoms. The van der Waals surface area contributed by atoms with Crippen molar-refractivity contribution >= 4 is 11.4 Å². The van der Waals surface area contributed by atoms with Crippen LogP contribution in [-0.2, 0) is 4.74 Å². The average molecular weight is 252 g/mol. The number of ether oxygens (including phenoxy) is 1. The van der Waals surface area contributed by atoms with Crippen LogP contribution in [0.15, 0.2) is 18.2 Å². The van der Waals surface area contributed by atoms with Crippen molar-refractivity contribution in [1.82, 2.24) is 0 Å². The SMILES string of the molecule is CCOC(C)(C)CNc1cc(C)ccc1[N+](=O)[O-]. The largest absolute Gasteiger partial charge is 0.377 e. The lowest BCUT2D eigenvalue weighted by Gasteiger charge is -2.25. The Balaban J connectivity index is 2.83. The van der Waals surface area contributed by atoms with Gasteiger partial charge in [0.25, 0.3) is 5.69 Å². The molecule has 0 atom stereocenters. The van der Waals surface area contributed by atoms with E-state index in [-0.39, 0.29) is 16.2 Å². The summed E-state index contributed by atoms with van der Waals surface area (Å²) in [5.74, 6) is 0. The standard InChI is InChI=1S/C13H20N2O3/c1-5-18-13(3,4)9-14-11-8-10(2)6-7-12(11)15(16)17/h6-8,14H,5,9H2,1-4H3. The first kappa shape index (κ1) is 14.4. The zero-order valence-corrected chi connectivity index (χ0v) is 11.3. The first-order valence-corrected chi connectivity index (χ1v) is 5.98. The summed E-state index contributed by atoms with van der Waals surface area (Å²) in [6, 6.07) is 5.03. The maximum atomic E-state index is 10.9. The van der Waals surface area contributed by atoms with Crippen molar-refractivity contribution in [2.75, 3.05) is 18.5 Å². The Morgan fingerprint density at radius 3 is 2.67 bits per heavy atom. The lowest BCUT2D eigenvalue weighted by Crippen LogP contribution is -2.33. The highest BCUT2D eigenvalue weighted by Gasteiger charge is 2.20. The topological polar surface area (TPSA) is 64.4 Å². The van der Waals surface area contributed by atoms with E-state index in [9.17, 15) is 10.1 Å². The van der Waals surface area contributed by atoms with Gasteiger partial charge in [-0.15, -0.1) is 0 Å². The van der Waals surface area contributed by atoms with E-state index in [1.807, 2.05) is 27.7 Å². The van der Waals surface area contributed by atoms with E-state index in [1.165, 1.54) is 6.07 Å². The van der Waals surface area contributed by atoms with Gasteiger partial charge in [-0.3, -0.25) is 10.1 Å². The molecule has 0 aromatic heterocycles. The molecule has 5 nitrogen and oxygen atoms in total. The number of hydrogen-bond acceptors (Lipinski definition) is 4. The van der Waals surface area contributed by atoms with Crippen LogP contribution in [0.1, 0.15) is 26.3 Å². The van der Waals surface area contributed by atoms with E-state index in [0.717, 1.165) is 5.56 Å². The van der Waals surface area contributed by atoms with Crippen LogP contribution >= 0.6 is 0 Å². The summed E-state index contributed by atoms with van der Waals surface area (Å²) < 4.78 is 5.55. The predicted octanol–water partition coefficient (Wildman–Crippen LogP) is 3.13. The molecule has 0 aliphatic heterocycles. The van der Waals surface area contributed by atoms with E-state index in [2.05, 4.69) is 5.32 Å². The summed E-state index contributed by atoms with van der Waals surface area (Å²) in [4.78, 5) is 10.5. The first-order chi connectivity index (χ1) is 8.35. The van der Waals surface area contributed by atoms with Crippen LogP contribution in [0.3, 0.4) is 0 Å². The molecule has 18 heavy (non-hydrogen) atoms. The minimum atomic E-state index is -0.380. The third-order valence-electron chi connectivity index (χ3n) is 2.59. The molecule has 5 heteroatoms. The number of nitro groups is 1. The molecule has 0 fully saturated rings. The van der Waals surface area contributed by atoms with Gasteiger partial charge in [-0.2, -0.15) is 0 Å². The van der Waals surface area contributed by atoms with Gasteiger partial charge in [0.05, 0.1) is 10.5 Å². The number of hydrogen-bond donors (Lipinski definition) is 1. The zero-order valence-electron chi connectivity index (χ0n) is 11.3. The van der Waals surface area contributed by atoms with E-state index in [1.54, 1.807) is 12.1 Å². The Bertz CT molecular complexity index is 430. The van der Waals surface area contributed by atoms with Crippen molar-refractivity contribution < 1.29 is 9.66 Å². The normalized spacial score (nSPS) is 11.3. The molecular weight excluding hydrogens is 232 g/mol. The fourth-order valence-corrected chi connectivity index (χ4v) is 1.70. The lowest BCUT2D eigenvalue weighted by atomic mass is 10.1. The maximum absolute atomic E-state index is 10.9. The molecule has 0 unspecified atom stereocenters. The van der Waals surface area contributed by atoms with E-state index < -0.39 is 0 Å². The molecule has 1 aromatic carbocycles. The predicted molar refractivity (Wildman–Crippen MR) is 72.0 cm³/mol. The highest BCUT2D eigenvalue weighted by atomic mass is 16.6. The van der Waals surface area contributed by atoms with Gasteiger partial charge in [0.1, 0.15) is 5.69 Å². The van der Waals surface area contributed by atoms with Crippen molar-refractivity contribution in [3.05, 3.63) is 33.9 Å². The van der Waals surface area contributed by atoms with Gasteiger partial charge in [0.2, 0.25) is 0 Å². The first-order valence-electron chi connectivity index (χ1n) is 5.98. The van der Waals surface area contributed by atoms with Crippen molar-refractivity contribution in [3.63, 3.8) is 0 Å². The van der Waals surface area contributed by atoms with E-state index >= 15 is 0 Å². The van der Waals surface area contributed by atoms with E-state index in [0.29, 0.717) is 18.8 Å². The van der Waals surface area contributed by atoms with Gasteiger partial charge >= 0.3 is 0 Å². The summed E-state index contributed by atoms with van der Waals surface area (Å²) in [6.07, 6.45) is 0. The van der Waals surface area contributed by atoms with Crippen molar-refractivity contribution in [3.8, 4) is 0 Å². The van der Waals surface area contributed by atoms with Crippen LogP contribution in [0.2, 0.25) is 0 Å². The second-order valence-electron chi connectivity index (χ2n) is 4.82. The molecule has 0 aliphatic rings. The van der Waals surface area contributed by atoms with Gasteiger partial charge in [-0.25, -0.2) is 0 Å². The summed E-state index contributed by atoms with van der Waals surface area (Å²) in [5.41, 5.74) is 1.25. The number of benzene rings is 1. The van der Waals surface area contributed by atoms with Crippen molar-refractivity contribution in [2.45, 2.75) is 33.3 Å². The van der Waals surface area contributed by atoms with Crippen LogP contribution in [-0.4, -0.2) is 23.7 Å². The number of anilines is 1. The molecule has 0 saturated carbocycles. The third-order valence-corrected chi connectivity index (χ3v) is 2.59. The molecule has 1 rings (SSSR count). The fourth-order valence-electron chi connectivity index (χ4n) is 1.70. The number of nitro benzene ring substituents is 1. The number of nitrogens with one attached hydrogen (secondary N) is 1. The summed E-state index contributed by atoms with van der Waals surface area (Å²) in [7, 11) is 0. The Kier molecular flexibility index (Phi) is 4.67. The van der Waals surface area contributed by atoms with E-state index in [4.69, 9.17) is 4.74 Å². The van der Waals surface area contributed by atoms with Gasteiger partial charge in [-0.05, 0) is 39.3 Å². The van der Waals surface area contributed by atoms with Gasteiger partial charge in [-0.1, -0.05) is 6.07 Å². The Labute approximate surface area is 107 Å². The highest BCUT2D eigenvalue weighted by molar-refractivity contribution is 5.62. The molecular formula is C13H20N2O3. The van der Waals surface area contributed by atoms with Crippen LogP contribution in [0.25, 0.3) is 0 Å². The van der Waals surface area contributed by atoms with Crippen LogP contribution in [0.4, 0.5) is 11.4 Å². The molecule has 100 valence electrons. The number of aryl methyl sites for hydroxylation is 1. The smallest absolute Gasteiger partial charge is 0.292 e. The number of rotatable bonds is 6. The summed E-state index contributed by atoms with van der Waals surface area (Å²) in [5, 5.41) is 14.0. The Morgan fingerprint density at radius 1 is 1.44 bits per heavy atom. The highest BCUT2D eigenvalue weighted by Crippen LogP contribution is 2.26. The fraction of sp³-hybridized carbons (Fsp3) is 0.538. The lowest BCUT2D eigenvalue weighted by molar-refractivity contribution is -0.384. The molecule has 0 spiro atoms. The third kappa shape index (κ3) is 4.00. The summed E-state index contributed by atoms with van der Waals surface area (Å²) in [6.45, 7) is 8.87. The second-order valence-corrected chi connectivity index (χ2v) is 4.82. The average Bonchev–Trinajstić information content (AvgIpc) is 2.26. The summed E-state index contributed by atoms with van der Waals surface area (Å²) >= 11 is 0. The zero-order chi connectivity index (χ0) is 13.8. The molecule has 0 saturated heterocycles. The van der Waals surface area contributed by atoms with Gasteiger partial charge in [0.15, 0.2) is 0 Å². The minimum absolute atomic E-state index is 0.0906. The molecule has 0 radical (unpaired) electrons. The minimum Gasteiger partial charge on any atom is -0.377 e. The Hall–Kier alpha value is -1.62. The maximum Gasteiger partial charge on any atom is 0.292 e. The molecule has 1 N–H and O–H groups in total. The molecule has 0 amide bonds. The Morgan fingerprint density at radius 2 is 2.11 bits per heavy atom. The van der Waals surface area contributed by atoms with Crippen molar-refractivity contribution in [1.29, 1.82) is 0 Å². The quantitative estimate of drug-likeness (QED) is 0.624. The van der Waals surface area contributed by atoms with Crippen molar-refractivity contribution in [2.24, 2.45) is 0 Å².